The Morgan fingerprint density at radius 2 is 2.19 bits per heavy atom. The summed E-state index contributed by atoms with van der Waals surface area (Å²) in [5, 5.41) is 0. The Kier molecular flexibility index (Phi) is 4.18. The summed E-state index contributed by atoms with van der Waals surface area (Å²) in [5.74, 6) is 1.94. The van der Waals surface area contributed by atoms with Gasteiger partial charge in [0.2, 0.25) is 5.88 Å². The van der Waals surface area contributed by atoms with Crippen molar-refractivity contribution < 1.29 is 4.74 Å². The van der Waals surface area contributed by atoms with Crippen LogP contribution in [0.1, 0.15) is 19.3 Å². The lowest BCUT2D eigenvalue weighted by Gasteiger charge is -2.17. The molecule has 0 bridgehead atoms. The van der Waals surface area contributed by atoms with Gasteiger partial charge in [0, 0.05) is 16.7 Å². The lowest BCUT2D eigenvalue weighted by atomic mass is 9.97. The maximum atomic E-state index is 5.74. The first kappa shape index (κ1) is 11.9. The third kappa shape index (κ3) is 2.95. The number of nitrogens with zero attached hydrogens (tertiary/aromatic N) is 1. The molecule has 1 heterocycles. The molecular weight excluding hydrogens is 268 g/mol. The first-order valence-electron chi connectivity index (χ1n) is 5.74. The SMILES string of the molecule is NCC1CCCC1COc1ccc(Br)cn1. The number of pyridine rings is 1. The molecule has 2 N–H and O–H groups in total. The third-order valence-corrected chi connectivity index (χ3v) is 3.73. The maximum Gasteiger partial charge on any atom is 0.213 e. The van der Waals surface area contributed by atoms with Crippen LogP contribution >= 0.6 is 15.9 Å². The molecule has 1 saturated carbocycles. The van der Waals surface area contributed by atoms with Crippen molar-refractivity contribution in [2.24, 2.45) is 17.6 Å². The normalized spacial score (nSPS) is 24.6. The Balaban J connectivity index is 1.85. The Morgan fingerprint density at radius 1 is 1.38 bits per heavy atom. The first-order valence-corrected chi connectivity index (χ1v) is 6.53. The topological polar surface area (TPSA) is 48.1 Å². The fourth-order valence-corrected chi connectivity index (χ4v) is 2.52. The summed E-state index contributed by atoms with van der Waals surface area (Å²) < 4.78 is 6.66. The van der Waals surface area contributed by atoms with E-state index in [-0.39, 0.29) is 0 Å². The number of hydrogen-bond donors (Lipinski definition) is 1. The predicted octanol–water partition coefficient (Wildman–Crippen LogP) is 2.60. The van der Waals surface area contributed by atoms with Crippen LogP contribution in [0, 0.1) is 11.8 Å². The fourth-order valence-electron chi connectivity index (χ4n) is 2.28. The molecule has 4 heteroatoms. The molecule has 0 aliphatic heterocycles. The largest absolute Gasteiger partial charge is 0.477 e. The van der Waals surface area contributed by atoms with E-state index in [9.17, 15) is 0 Å². The number of halogens is 1. The van der Waals surface area contributed by atoms with Crippen LogP contribution in [0.15, 0.2) is 22.8 Å². The molecular formula is C12H17BrN2O. The van der Waals surface area contributed by atoms with Gasteiger partial charge in [-0.25, -0.2) is 4.98 Å². The van der Waals surface area contributed by atoms with E-state index >= 15 is 0 Å². The molecule has 16 heavy (non-hydrogen) atoms. The van der Waals surface area contributed by atoms with E-state index in [2.05, 4.69) is 20.9 Å². The lowest BCUT2D eigenvalue weighted by Crippen LogP contribution is -2.23. The Bertz CT molecular complexity index is 328. The molecule has 0 spiro atoms. The summed E-state index contributed by atoms with van der Waals surface area (Å²) in [5.41, 5.74) is 5.74. The zero-order chi connectivity index (χ0) is 11.4. The zero-order valence-corrected chi connectivity index (χ0v) is 10.8. The highest BCUT2D eigenvalue weighted by molar-refractivity contribution is 9.10. The summed E-state index contributed by atoms with van der Waals surface area (Å²) in [7, 11) is 0. The first-order chi connectivity index (χ1) is 7.79. The molecule has 2 atom stereocenters. The highest BCUT2D eigenvalue weighted by Gasteiger charge is 2.26. The van der Waals surface area contributed by atoms with Gasteiger partial charge in [-0.05, 0) is 53.2 Å². The molecule has 2 unspecified atom stereocenters. The number of rotatable bonds is 4. The minimum absolute atomic E-state index is 0.607. The van der Waals surface area contributed by atoms with Gasteiger partial charge in [0.1, 0.15) is 0 Å². The van der Waals surface area contributed by atoms with E-state index < -0.39 is 0 Å². The minimum Gasteiger partial charge on any atom is -0.477 e. The van der Waals surface area contributed by atoms with Gasteiger partial charge in [-0.1, -0.05) is 6.42 Å². The van der Waals surface area contributed by atoms with Gasteiger partial charge in [-0.2, -0.15) is 0 Å². The van der Waals surface area contributed by atoms with Crippen molar-refractivity contribution in [1.29, 1.82) is 0 Å². The molecule has 88 valence electrons. The maximum absolute atomic E-state index is 5.74. The van der Waals surface area contributed by atoms with Crippen molar-refractivity contribution in [2.45, 2.75) is 19.3 Å². The molecule has 1 aromatic heterocycles. The van der Waals surface area contributed by atoms with Crippen molar-refractivity contribution in [2.75, 3.05) is 13.2 Å². The van der Waals surface area contributed by atoms with Gasteiger partial charge in [0.25, 0.3) is 0 Å². The molecule has 0 radical (unpaired) electrons. The lowest BCUT2D eigenvalue weighted by molar-refractivity contribution is 0.210. The van der Waals surface area contributed by atoms with Crippen LogP contribution in [0.4, 0.5) is 0 Å². The van der Waals surface area contributed by atoms with Crippen molar-refractivity contribution in [3.05, 3.63) is 22.8 Å². The predicted molar refractivity (Wildman–Crippen MR) is 67.3 cm³/mol. The van der Waals surface area contributed by atoms with E-state index in [1.807, 2.05) is 12.1 Å². The van der Waals surface area contributed by atoms with Crippen molar-refractivity contribution in [3.8, 4) is 5.88 Å². The Morgan fingerprint density at radius 3 is 2.88 bits per heavy atom. The zero-order valence-electron chi connectivity index (χ0n) is 9.23. The van der Waals surface area contributed by atoms with Gasteiger partial charge in [0.05, 0.1) is 6.61 Å². The second-order valence-corrected chi connectivity index (χ2v) is 5.23. The summed E-state index contributed by atoms with van der Waals surface area (Å²) >= 11 is 3.35. The number of aromatic nitrogens is 1. The van der Waals surface area contributed by atoms with Crippen molar-refractivity contribution >= 4 is 15.9 Å². The van der Waals surface area contributed by atoms with Crippen LogP contribution in [0.25, 0.3) is 0 Å². The number of ether oxygens (including phenoxy) is 1. The molecule has 2 rings (SSSR count). The molecule has 0 aromatic carbocycles. The van der Waals surface area contributed by atoms with Gasteiger partial charge in [0.15, 0.2) is 0 Å². The van der Waals surface area contributed by atoms with Crippen molar-refractivity contribution in [1.82, 2.24) is 4.98 Å². The number of nitrogens with two attached hydrogens (primary N) is 1. The summed E-state index contributed by atoms with van der Waals surface area (Å²) in [6, 6.07) is 3.83. The highest BCUT2D eigenvalue weighted by atomic mass is 79.9. The van der Waals surface area contributed by atoms with Crippen molar-refractivity contribution in [3.63, 3.8) is 0 Å². The van der Waals surface area contributed by atoms with E-state index in [4.69, 9.17) is 10.5 Å². The standard InChI is InChI=1S/C12H17BrN2O/c13-11-4-5-12(15-7-11)16-8-10-3-1-2-9(10)6-14/h4-5,7,9-10H,1-3,6,8,14H2. The van der Waals surface area contributed by atoms with Gasteiger partial charge >= 0.3 is 0 Å². The van der Waals surface area contributed by atoms with Crippen LogP contribution in [0.3, 0.4) is 0 Å². The van der Waals surface area contributed by atoms with Crippen LogP contribution in [0.2, 0.25) is 0 Å². The van der Waals surface area contributed by atoms with E-state index in [1.54, 1.807) is 6.20 Å². The van der Waals surface area contributed by atoms with Crippen LogP contribution in [-0.4, -0.2) is 18.1 Å². The van der Waals surface area contributed by atoms with Crippen LogP contribution < -0.4 is 10.5 Å². The van der Waals surface area contributed by atoms with Crippen LogP contribution in [0.5, 0.6) is 5.88 Å². The monoisotopic (exact) mass is 284 g/mol. The fraction of sp³-hybridized carbons (Fsp3) is 0.583. The van der Waals surface area contributed by atoms with E-state index in [0.29, 0.717) is 17.7 Å². The van der Waals surface area contributed by atoms with Gasteiger partial charge < -0.3 is 10.5 Å². The molecule has 1 fully saturated rings. The Labute approximate surface area is 105 Å². The van der Waals surface area contributed by atoms with E-state index in [0.717, 1.165) is 17.6 Å². The quantitative estimate of drug-likeness (QED) is 0.925. The smallest absolute Gasteiger partial charge is 0.213 e. The highest BCUT2D eigenvalue weighted by Crippen LogP contribution is 2.31. The number of hydrogen-bond acceptors (Lipinski definition) is 3. The minimum atomic E-state index is 0.607. The molecule has 0 saturated heterocycles. The average molecular weight is 285 g/mol. The van der Waals surface area contributed by atoms with Gasteiger partial charge in [-0.3, -0.25) is 0 Å². The molecule has 0 amide bonds. The molecule has 1 aromatic rings. The molecule has 1 aliphatic carbocycles. The van der Waals surface area contributed by atoms with Gasteiger partial charge in [-0.15, -0.1) is 0 Å². The Hall–Kier alpha value is -0.610. The second kappa shape index (κ2) is 5.64. The third-order valence-electron chi connectivity index (χ3n) is 3.26. The second-order valence-electron chi connectivity index (χ2n) is 4.31. The van der Waals surface area contributed by atoms with Crippen LogP contribution in [-0.2, 0) is 0 Å². The average Bonchev–Trinajstić information content (AvgIpc) is 2.76. The van der Waals surface area contributed by atoms with E-state index in [1.165, 1.54) is 19.3 Å². The summed E-state index contributed by atoms with van der Waals surface area (Å²) in [6.07, 6.45) is 5.52. The summed E-state index contributed by atoms with van der Waals surface area (Å²) in [4.78, 5) is 4.19. The summed E-state index contributed by atoms with van der Waals surface area (Å²) in [6.45, 7) is 1.53. The molecule has 1 aliphatic rings. The molecule has 3 nitrogen and oxygen atoms in total.